The van der Waals surface area contributed by atoms with Gasteiger partial charge < -0.3 is 19.6 Å². The number of para-hydroxylation sites is 1. The summed E-state index contributed by atoms with van der Waals surface area (Å²) in [6, 6.07) is 7.32. The largest absolute Gasteiger partial charge is 0.475 e. The minimum absolute atomic E-state index is 0.00345. The normalized spacial score (nSPS) is 10.9. The molecule has 0 atom stereocenters. The van der Waals surface area contributed by atoms with Gasteiger partial charge in [-0.3, -0.25) is 0 Å². The van der Waals surface area contributed by atoms with Crippen LogP contribution < -0.4 is 5.32 Å². The van der Waals surface area contributed by atoms with E-state index in [2.05, 4.69) is 11.9 Å². The standard InChI is InChI=1S/C16H19NO4/c1-2-3-9-20-10-8-17-11-13-12-6-4-5-7-14(12)21-15(13)16(18)19/h2,4-7,17H,1,3,8-11H2,(H,18,19). The van der Waals surface area contributed by atoms with Crippen LogP contribution in [0.25, 0.3) is 11.0 Å². The molecule has 1 aromatic carbocycles. The van der Waals surface area contributed by atoms with Gasteiger partial charge in [0.25, 0.3) is 0 Å². The summed E-state index contributed by atoms with van der Waals surface area (Å²) in [4.78, 5) is 11.2. The Hall–Kier alpha value is -2.11. The topological polar surface area (TPSA) is 71.7 Å². The van der Waals surface area contributed by atoms with Crippen LogP contribution in [0.5, 0.6) is 0 Å². The number of rotatable bonds is 9. The smallest absolute Gasteiger partial charge is 0.372 e. The Morgan fingerprint density at radius 2 is 2.19 bits per heavy atom. The minimum Gasteiger partial charge on any atom is -0.475 e. The molecule has 0 aliphatic heterocycles. The number of carboxylic acid groups (broad SMARTS) is 1. The van der Waals surface area contributed by atoms with Gasteiger partial charge in [-0.15, -0.1) is 6.58 Å². The summed E-state index contributed by atoms with van der Waals surface area (Å²) in [7, 11) is 0. The fourth-order valence-corrected chi connectivity index (χ4v) is 2.07. The predicted molar refractivity (Wildman–Crippen MR) is 80.5 cm³/mol. The average molecular weight is 289 g/mol. The second-order valence-electron chi connectivity index (χ2n) is 4.58. The van der Waals surface area contributed by atoms with Gasteiger partial charge in [0.1, 0.15) is 5.58 Å². The molecule has 0 spiro atoms. The van der Waals surface area contributed by atoms with Crippen molar-refractivity contribution in [3.63, 3.8) is 0 Å². The third-order valence-electron chi connectivity index (χ3n) is 3.08. The zero-order chi connectivity index (χ0) is 15.1. The third kappa shape index (κ3) is 3.93. The van der Waals surface area contributed by atoms with Crippen molar-refractivity contribution in [3.05, 3.63) is 48.2 Å². The second kappa shape index (κ2) is 7.61. The molecule has 0 radical (unpaired) electrons. The number of carbonyl (C=O) groups is 1. The molecule has 5 heteroatoms. The number of nitrogens with one attached hydrogen (secondary N) is 1. The molecule has 0 unspecified atom stereocenters. The molecule has 1 aromatic heterocycles. The maximum absolute atomic E-state index is 11.2. The zero-order valence-electron chi connectivity index (χ0n) is 11.8. The number of hydrogen-bond acceptors (Lipinski definition) is 4. The van der Waals surface area contributed by atoms with E-state index in [1.54, 1.807) is 6.07 Å². The molecule has 5 nitrogen and oxygen atoms in total. The van der Waals surface area contributed by atoms with E-state index < -0.39 is 5.97 Å². The molecule has 0 fully saturated rings. The molecule has 1 heterocycles. The van der Waals surface area contributed by atoms with Gasteiger partial charge in [-0.25, -0.2) is 4.79 Å². The molecule has 0 aliphatic carbocycles. The lowest BCUT2D eigenvalue weighted by molar-refractivity contribution is 0.0663. The number of carboxylic acids is 1. The van der Waals surface area contributed by atoms with Crippen molar-refractivity contribution in [1.82, 2.24) is 5.32 Å². The lowest BCUT2D eigenvalue weighted by atomic mass is 10.1. The number of hydrogen-bond donors (Lipinski definition) is 2. The van der Waals surface area contributed by atoms with Gasteiger partial charge in [-0.2, -0.15) is 0 Å². The van der Waals surface area contributed by atoms with Crippen molar-refractivity contribution >= 4 is 16.9 Å². The highest BCUT2D eigenvalue weighted by Gasteiger charge is 2.18. The van der Waals surface area contributed by atoms with E-state index in [0.29, 0.717) is 37.4 Å². The summed E-state index contributed by atoms with van der Waals surface area (Å²) in [5.74, 6) is -1.05. The van der Waals surface area contributed by atoms with Crippen LogP contribution in [0, 0.1) is 0 Å². The van der Waals surface area contributed by atoms with E-state index >= 15 is 0 Å². The van der Waals surface area contributed by atoms with Crippen molar-refractivity contribution in [2.75, 3.05) is 19.8 Å². The summed E-state index contributed by atoms with van der Waals surface area (Å²) in [6.45, 7) is 5.93. The van der Waals surface area contributed by atoms with Crippen LogP contribution in [0.2, 0.25) is 0 Å². The maximum Gasteiger partial charge on any atom is 0.372 e. The maximum atomic E-state index is 11.2. The first-order valence-corrected chi connectivity index (χ1v) is 6.87. The molecule has 112 valence electrons. The first-order chi connectivity index (χ1) is 10.2. The van der Waals surface area contributed by atoms with Gasteiger partial charge in [0.15, 0.2) is 0 Å². The molecule has 0 aliphatic rings. The van der Waals surface area contributed by atoms with E-state index in [1.807, 2.05) is 24.3 Å². The predicted octanol–water partition coefficient (Wildman–Crippen LogP) is 2.81. The van der Waals surface area contributed by atoms with E-state index in [4.69, 9.17) is 9.15 Å². The van der Waals surface area contributed by atoms with Crippen LogP contribution in [-0.2, 0) is 11.3 Å². The quantitative estimate of drug-likeness (QED) is 0.548. The van der Waals surface area contributed by atoms with Crippen LogP contribution in [0.4, 0.5) is 0 Å². The Morgan fingerprint density at radius 1 is 1.38 bits per heavy atom. The van der Waals surface area contributed by atoms with Crippen molar-refractivity contribution in [2.45, 2.75) is 13.0 Å². The summed E-state index contributed by atoms with van der Waals surface area (Å²) >= 11 is 0. The van der Waals surface area contributed by atoms with Crippen LogP contribution in [0.3, 0.4) is 0 Å². The molecular weight excluding hydrogens is 270 g/mol. The summed E-state index contributed by atoms with van der Waals surface area (Å²) in [6.07, 6.45) is 2.64. The Bertz CT molecular complexity index is 618. The molecule has 0 saturated heterocycles. The Labute approximate surface area is 123 Å². The number of ether oxygens (including phenoxy) is 1. The van der Waals surface area contributed by atoms with Gasteiger partial charge >= 0.3 is 5.97 Å². The Morgan fingerprint density at radius 3 is 2.95 bits per heavy atom. The second-order valence-corrected chi connectivity index (χ2v) is 4.58. The van der Waals surface area contributed by atoms with Gasteiger partial charge in [-0.05, 0) is 12.5 Å². The molecular formula is C16H19NO4. The highest BCUT2D eigenvalue weighted by atomic mass is 16.5. The molecule has 0 amide bonds. The molecule has 0 saturated carbocycles. The number of aromatic carboxylic acids is 1. The summed E-state index contributed by atoms with van der Waals surface area (Å²) < 4.78 is 10.8. The van der Waals surface area contributed by atoms with Gasteiger partial charge in [0, 0.05) is 24.0 Å². The van der Waals surface area contributed by atoms with Gasteiger partial charge in [0.2, 0.25) is 5.76 Å². The third-order valence-corrected chi connectivity index (χ3v) is 3.08. The number of furan rings is 1. The number of fused-ring (bicyclic) bond motifs is 1. The van der Waals surface area contributed by atoms with Gasteiger partial charge in [0.05, 0.1) is 13.2 Å². The SMILES string of the molecule is C=CCCOCCNCc1c(C(=O)O)oc2ccccc12. The average Bonchev–Trinajstić information content (AvgIpc) is 2.85. The molecule has 21 heavy (non-hydrogen) atoms. The van der Waals surface area contributed by atoms with E-state index in [-0.39, 0.29) is 5.76 Å². The first-order valence-electron chi connectivity index (χ1n) is 6.87. The zero-order valence-corrected chi connectivity index (χ0v) is 11.8. The van der Waals surface area contributed by atoms with Crippen molar-refractivity contribution in [3.8, 4) is 0 Å². The fraction of sp³-hybridized carbons (Fsp3) is 0.312. The molecule has 2 rings (SSSR count). The number of benzene rings is 1. The summed E-state index contributed by atoms with van der Waals surface area (Å²) in [5, 5.41) is 13.2. The first kappa shape index (κ1) is 15.3. The highest BCUT2D eigenvalue weighted by Crippen LogP contribution is 2.25. The molecule has 2 aromatic rings. The van der Waals surface area contributed by atoms with E-state index in [0.717, 1.165) is 11.8 Å². The van der Waals surface area contributed by atoms with E-state index in [9.17, 15) is 9.90 Å². The monoisotopic (exact) mass is 289 g/mol. The van der Waals surface area contributed by atoms with Crippen molar-refractivity contribution in [1.29, 1.82) is 0 Å². The van der Waals surface area contributed by atoms with Crippen molar-refractivity contribution in [2.24, 2.45) is 0 Å². The Balaban J connectivity index is 1.96. The fourth-order valence-electron chi connectivity index (χ4n) is 2.07. The lowest BCUT2D eigenvalue weighted by Gasteiger charge is -2.05. The Kier molecular flexibility index (Phi) is 5.54. The highest BCUT2D eigenvalue weighted by molar-refractivity contribution is 5.95. The molecule has 0 bridgehead atoms. The van der Waals surface area contributed by atoms with Gasteiger partial charge in [-0.1, -0.05) is 24.3 Å². The van der Waals surface area contributed by atoms with Crippen LogP contribution in [-0.4, -0.2) is 30.8 Å². The van der Waals surface area contributed by atoms with Crippen LogP contribution in [0.15, 0.2) is 41.3 Å². The van der Waals surface area contributed by atoms with Crippen molar-refractivity contribution < 1.29 is 19.1 Å². The molecule has 2 N–H and O–H groups in total. The minimum atomic E-state index is -1.05. The van der Waals surface area contributed by atoms with Crippen LogP contribution >= 0.6 is 0 Å². The summed E-state index contributed by atoms with van der Waals surface area (Å²) in [5.41, 5.74) is 1.26. The van der Waals surface area contributed by atoms with E-state index in [1.165, 1.54) is 0 Å². The van der Waals surface area contributed by atoms with Crippen LogP contribution in [0.1, 0.15) is 22.5 Å². The lowest BCUT2D eigenvalue weighted by Crippen LogP contribution is -2.20.